The largest absolute Gasteiger partial charge is 0.381 e. The van der Waals surface area contributed by atoms with Crippen LogP contribution in [0.25, 0.3) is 0 Å². The summed E-state index contributed by atoms with van der Waals surface area (Å²) in [5, 5.41) is 3.69. The summed E-state index contributed by atoms with van der Waals surface area (Å²) in [4.78, 5) is 2.64. The van der Waals surface area contributed by atoms with Crippen molar-refractivity contribution in [2.45, 2.75) is 38.6 Å². The molecule has 0 aromatic carbocycles. The highest BCUT2D eigenvalue weighted by Crippen LogP contribution is 2.19. The number of ether oxygens (including phenoxy) is 1. The van der Waals surface area contributed by atoms with Gasteiger partial charge in [-0.3, -0.25) is 0 Å². The van der Waals surface area contributed by atoms with Gasteiger partial charge in [-0.15, -0.1) is 0 Å². The van der Waals surface area contributed by atoms with Crippen molar-refractivity contribution in [1.29, 1.82) is 0 Å². The monoisotopic (exact) mass is 226 g/mol. The SMILES string of the molecule is CCC1(C)CN(CC2CCOC2)CCCN1. The molecule has 0 bridgehead atoms. The van der Waals surface area contributed by atoms with Gasteiger partial charge in [0.05, 0.1) is 6.61 Å². The van der Waals surface area contributed by atoms with Crippen LogP contribution in [-0.4, -0.2) is 49.8 Å². The van der Waals surface area contributed by atoms with E-state index >= 15 is 0 Å². The molecule has 0 aromatic heterocycles. The molecular weight excluding hydrogens is 200 g/mol. The fourth-order valence-corrected chi connectivity index (χ4v) is 2.81. The standard InChI is InChI=1S/C13H26N2O/c1-3-13(2)11-15(7-4-6-14-13)9-12-5-8-16-10-12/h12,14H,3-11H2,1-2H3. The number of rotatable bonds is 3. The van der Waals surface area contributed by atoms with Crippen molar-refractivity contribution in [1.82, 2.24) is 10.2 Å². The molecule has 2 unspecified atom stereocenters. The summed E-state index contributed by atoms with van der Waals surface area (Å²) in [6, 6.07) is 0. The molecule has 0 saturated carbocycles. The van der Waals surface area contributed by atoms with E-state index < -0.39 is 0 Å². The van der Waals surface area contributed by atoms with E-state index in [0.717, 1.165) is 19.1 Å². The first-order valence-corrected chi connectivity index (χ1v) is 6.77. The average Bonchev–Trinajstić information content (AvgIpc) is 2.69. The molecule has 0 spiro atoms. The van der Waals surface area contributed by atoms with Crippen molar-refractivity contribution >= 4 is 0 Å². The molecule has 1 N–H and O–H groups in total. The second-order valence-electron chi connectivity index (χ2n) is 5.66. The lowest BCUT2D eigenvalue weighted by molar-refractivity contribution is 0.155. The van der Waals surface area contributed by atoms with Crippen molar-refractivity contribution in [3.63, 3.8) is 0 Å². The van der Waals surface area contributed by atoms with Gasteiger partial charge in [-0.2, -0.15) is 0 Å². The molecule has 0 radical (unpaired) electrons. The van der Waals surface area contributed by atoms with Crippen LogP contribution < -0.4 is 5.32 Å². The summed E-state index contributed by atoms with van der Waals surface area (Å²) >= 11 is 0. The molecule has 2 aliphatic heterocycles. The summed E-state index contributed by atoms with van der Waals surface area (Å²) in [5.41, 5.74) is 0.315. The van der Waals surface area contributed by atoms with Crippen molar-refractivity contribution < 1.29 is 4.74 Å². The van der Waals surface area contributed by atoms with Crippen LogP contribution in [0, 0.1) is 5.92 Å². The Morgan fingerprint density at radius 1 is 1.50 bits per heavy atom. The predicted octanol–water partition coefficient (Wildman–Crippen LogP) is 1.49. The van der Waals surface area contributed by atoms with E-state index in [2.05, 4.69) is 24.1 Å². The van der Waals surface area contributed by atoms with E-state index in [-0.39, 0.29) is 0 Å². The van der Waals surface area contributed by atoms with E-state index in [1.807, 2.05) is 0 Å². The van der Waals surface area contributed by atoms with Crippen LogP contribution in [0.2, 0.25) is 0 Å². The van der Waals surface area contributed by atoms with Crippen LogP contribution in [-0.2, 0) is 4.74 Å². The highest BCUT2D eigenvalue weighted by Gasteiger charge is 2.28. The zero-order valence-electron chi connectivity index (χ0n) is 10.8. The van der Waals surface area contributed by atoms with Gasteiger partial charge in [-0.25, -0.2) is 0 Å². The third kappa shape index (κ3) is 3.19. The van der Waals surface area contributed by atoms with Crippen LogP contribution in [0.5, 0.6) is 0 Å². The Morgan fingerprint density at radius 3 is 3.06 bits per heavy atom. The van der Waals surface area contributed by atoms with Gasteiger partial charge in [0.15, 0.2) is 0 Å². The Hall–Kier alpha value is -0.120. The molecule has 3 nitrogen and oxygen atoms in total. The van der Waals surface area contributed by atoms with Crippen LogP contribution in [0.1, 0.15) is 33.1 Å². The van der Waals surface area contributed by atoms with E-state index in [1.54, 1.807) is 0 Å². The quantitative estimate of drug-likeness (QED) is 0.789. The van der Waals surface area contributed by atoms with Crippen molar-refractivity contribution in [3.05, 3.63) is 0 Å². The summed E-state index contributed by atoms with van der Waals surface area (Å²) < 4.78 is 5.47. The second-order valence-corrected chi connectivity index (χ2v) is 5.66. The van der Waals surface area contributed by atoms with Gasteiger partial charge in [0, 0.05) is 25.2 Å². The minimum atomic E-state index is 0.315. The first kappa shape index (κ1) is 12.3. The van der Waals surface area contributed by atoms with Crippen molar-refractivity contribution in [2.24, 2.45) is 5.92 Å². The molecule has 94 valence electrons. The van der Waals surface area contributed by atoms with Crippen molar-refractivity contribution in [3.8, 4) is 0 Å². The van der Waals surface area contributed by atoms with Crippen LogP contribution in [0.4, 0.5) is 0 Å². The van der Waals surface area contributed by atoms with Gasteiger partial charge in [0.25, 0.3) is 0 Å². The Bertz CT molecular complexity index is 216. The van der Waals surface area contributed by atoms with Gasteiger partial charge in [0.1, 0.15) is 0 Å². The number of nitrogens with zero attached hydrogens (tertiary/aromatic N) is 1. The first-order chi connectivity index (χ1) is 7.72. The number of hydrogen-bond donors (Lipinski definition) is 1. The molecule has 0 aliphatic carbocycles. The van der Waals surface area contributed by atoms with Crippen LogP contribution in [0.15, 0.2) is 0 Å². The van der Waals surface area contributed by atoms with Gasteiger partial charge in [0.2, 0.25) is 0 Å². The third-order valence-corrected chi connectivity index (χ3v) is 4.10. The lowest BCUT2D eigenvalue weighted by Gasteiger charge is -2.33. The average molecular weight is 226 g/mol. The lowest BCUT2D eigenvalue weighted by Crippen LogP contribution is -2.49. The predicted molar refractivity (Wildman–Crippen MR) is 66.7 cm³/mol. The molecule has 2 heterocycles. The summed E-state index contributed by atoms with van der Waals surface area (Å²) in [6.45, 7) is 11.4. The van der Waals surface area contributed by atoms with Gasteiger partial charge in [-0.1, -0.05) is 6.92 Å². The molecule has 2 rings (SSSR count). The maximum atomic E-state index is 5.47. The highest BCUT2D eigenvalue weighted by atomic mass is 16.5. The summed E-state index contributed by atoms with van der Waals surface area (Å²) in [5.74, 6) is 0.777. The van der Waals surface area contributed by atoms with Gasteiger partial charge >= 0.3 is 0 Å². The summed E-state index contributed by atoms with van der Waals surface area (Å²) in [7, 11) is 0. The third-order valence-electron chi connectivity index (χ3n) is 4.10. The Morgan fingerprint density at radius 2 is 2.38 bits per heavy atom. The first-order valence-electron chi connectivity index (χ1n) is 6.77. The minimum absolute atomic E-state index is 0.315. The zero-order chi connectivity index (χ0) is 11.4. The van der Waals surface area contributed by atoms with Crippen LogP contribution >= 0.6 is 0 Å². The van der Waals surface area contributed by atoms with Crippen LogP contribution in [0.3, 0.4) is 0 Å². The molecule has 0 amide bonds. The van der Waals surface area contributed by atoms with E-state index in [4.69, 9.17) is 4.74 Å². The minimum Gasteiger partial charge on any atom is -0.381 e. The van der Waals surface area contributed by atoms with E-state index in [1.165, 1.54) is 45.4 Å². The Labute approximate surface area is 99.5 Å². The fraction of sp³-hybridized carbons (Fsp3) is 1.00. The molecule has 2 atom stereocenters. The fourth-order valence-electron chi connectivity index (χ4n) is 2.81. The zero-order valence-corrected chi connectivity index (χ0v) is 10.8. The molecule has 2 fully saturated rings. The molecule has 2 aliphatic rings. The van der Waals surface area contributed by atoms with Gasteiger partial charge < -0.3 is 15.0 Å². The van der Waals surface area contributed by atoms with Gasteiger partial charge in [-0.05, 0) is 45.2 Å². The Kier molecular flexibility index (Phi) is 4.22. The Balaban J connectivity index is 1.87. The van der Waals surface area contributed by atoms with E-state index in [0.29, 0.717) is 5.54 Å². The molecular formula is C13H26N2O. The van der Waals surface area contributed by atoms with E-state index in [9.17, 15) is 0 Å². The summed E-state index contributed by atoms with van der Waals surface area (Å²) in [6.07, 6.45) is 3.75. The number of nitrogens with one attached hydrogen (secondary N) is 1. The second kappa shape index (κ2) is 5.48. The molecule has 16 heavy (non-hydrogen) atoms. The molecule has 2 saturated heterocycles. The molecule has 3 heteroatoms. The molecule has 0 aromatic rings. The highest BCUT2D eigenvalue weighted by molar-refractivity contribution is 4.88. The topological polar surface area (TPSA) is 24.5 Å². The lowest BCUT2D eigenvalue weighted by atomic mass is 9.98. The smallest absolute Gasteiger partial charge is 0.0507 e. The maximum absolute atomic E-state index is 5.47. The van der Waals surface area contributed by atoms with Crippen molar-refractivity contribution in [2.75, 3.05) is 39.4 Å². The maximum Gasteiger partial charge on any atom is 0.0507 e. The number of hydrogen-bond acceptors (Lipinski definition) is 3. The normalized spacial score (nSPS) is 37.5.